The SMILES string of the molecule is CCCCCCCCCN(CCCCCCCCC)C(=O)Nc1ccc(C(=O)OCC)cc1. The van der Waals surface area contributed by atoms with Crippen LogP contribution in [0.5, 0.6) is 0 Å². The van der Waals surface area contributed by atoms with Gasteiger partial charge < -0.3 is 15.0 Å². The minimum Gasteiger partial charge on any atom is -0.462 e. The van der Waals surface area contributed by atoms with E-state index in [1.54, 1.807) is 31.2 Å². The number of carbonyl (C=O) groups is 2. The van der Waals surface area contributed by atoms with Gasteiger partial charge in [-0.2, -0.15) is 0 Å². The predicted molar refractivity (Wildman–Crippen MR) is 139 cm³/mol. The molecule has 0 atom stereocenters. The Labute approximate surface area is 202 Å². The lowest BCUT2D eigenvalue weighted by molar-refractivity contribution is 0.0526. The zero-order valence-electron chi connectivity index (χ0n) is 21.5. The van der Waals surface area contributed by atoms with Gasteiger partial charge >= 0.3 is 12.0 Å². The van der Waals surface area contributed by atoms with Gasteiger partial charge in [-0.15, -0.1) is 0 Å². The van der Waals surface area contributed by atoms with Gasteiger partial charge in [0, 0.05) is 18.8 Å². The van der Waals surface area contributed by atoms with Gasteiger partial charge in [-0.05, 0) is 44.0 Å². The molecule has 0 radical (unpaired) electrons. The fraction of sp³-hybridized carbons (Fsp3) is 0.714. The average molecular weight is 461 g/mol. The highest BCUT2D eigenvalue weighted by Crippen LogP contribution is 2.14. The number of carbonyl (C=O) groups excluding carboxylic acids is 2. The topological polar surface area (TPSA) is 58.6 Å². The maximum atomic E-state index is 13.0. The highest BCUT2D eigenvalue weighted by molar-refractivity contribution is 5.92. The van der Waals surface area contributed by atoms with E-state index in [9.17, 15) is 9.59 Å². The first-order valence-corrected chi connectivity index (χ1v) is 13.4. The number of hydrogen-bond acceptors (Lipinski definition) is 3. The molecule has 0 heterocycles. The number of anilines is 1. The molecule has 33 heavy (non-hydrogen) atoms. The number of benzene rings is 1. The molecule has 1 N–H and O–H groups in total. The number of nitrogens with one attached hydrogen (secondary N) is 1. The van der Waals surface area contributed by atoms with Gasteiger partial charge in [-0.3, -0.25) is 0 Å². The molecule has 2 amide bonds. The Balaban J connectivity index is 2.51. The molecule has 1 aromatic carbocycles. The highest BCUT2D eigenvalue weighted by Gasteiger charge is 2.14. The molecule has 0 saturated carbocycles. The molecule has 1 aromatic rings. The summed E-state index contributed by atoms with van der Waals surface area (Å²) < 4.78 is 5.02. The van der Waals surface area contributed by atoms with Gasteiger partial charge in [-0.1, -0.05) is 90.9 Å². The third-order valence-electron chi connectivity index (χ3n) is 6.00. The number of unbranched alkanes of at least 4 members (excludes halogenated alkanes) is 12. The molecule has 5 heteroatoms. The summed E-state index contributed by atoms with van der Waals surface area (Å²) in [6.07, 6.45) is 17.4. The average Bonchev–Trinajstić information content (AvgIpc) is 2.82. The van der Waals surface area contributed by atoms with Crippen molar-refractivity contribution >= 4 is 17.7 Å². The number of nitrogens with zero attached hydrogens (tertiary/aromatic N) is 1. The lowest BCUT2D eigenvalue weighted by atomic mass is 10.1. The van der Waals surface area contributed by atoms with Crippen molar-refractivity contribution in [2.45, 2.75) is 111 Å². The second kappa shape index (κ2) is 19.4. The van der Waals surface area contributed by atoms with Crippen LogP contribution in [0, 0.1) is 0 Å². The van der Waals surface area contributed by atoms with E-state index in [0.29, 0.717) is 17.9 Å². The summed E-state index contributed by atoms with van der Waals surface area (Å²) in [7, 11) is 0. The van der Waals surface area contributed by atoms with Crippen molar-refractivity contribution in [2.24, 2.45) is 0 Å². The van der Waals surface area contributed by atoms with Crippen LogP contribution >= 0.6 is 0 Å². The molecule has 5 nitrogen and oxygen atoms in total. The Bertz CT molecular complexity index is 613. The Hall–Kier alpha value is -2.04. The number of urea groups is 1. The predicted octanol–water partition coefficient (Wildman–Crippen LogP) is 8.20. The molecule has 188 valence electrons. The fourth-order valence-electron chi connectivity index (χ4n) is 3.94. The van der Waals surface area contributed by atoms with Crippen LogP contribution in [0.25, 0.3) is 0 Å². The number of esters is 1. The first-order chi connectivity index (χ1) is 16.1. The van der Waals surface area contributed by atoms with E-state index in [2.05, 4.69) is 19.2 Å². The van der Waals surface area contributed by atoms with Gasteiger partial charge in [0.1, 0.15) is 0 Å². The van der Waals surface area contributed by atoms with Crippen LogP contribution < -0.4 is 5.32 Å². The molecule has 0 saturated heterocycles. The minimum absolute atomic E-state index is 0.0455. The molecular formula is C28H48N2O3. The van der Waals surface area contributed by atoms with Crippen molar-refractivity contribution in [3.8, 4) is 0 Å². The molecule has 0 fully saturated rings. The maximum Gasteiger partial charge on any atom is 0.338 e. The van der Waals surface area contributed by atoms with Crippen molar-refractivity contribution in [2.75, 3.05) is 25.0 Å². The van der Waals surface area contributed by atoms with E-state index in [1.165, 1.54) is 77.0 Å². The minimum atomic E-state index is -0.338. The van der Waals surface area contributed by atoms with Gasteiger partial charge in [0.25, 0.3) is 0 Å². The smallest absolute Gasteiger partial charge is 0.338 e. The molecule has 1 rings (SSSR count). The zero-order chi connectivity index (χ0) is 24.2. The highest BCUT2D eigenvalue weighted by atomic mass is 16.5. The molecule has 0 unspecified atom stereocenters. The van der Waals surface area contributed by atoms with Crippen LogP contribution in [0.1, 0.15) is 121 Å². The van der Waals surface area contributed by atoms with Crippen molar-refractivity contribution < 1.29 is 14.3 Å². The van der Waals surface area contributed by atoms with Crippen molar-refractivity contribution in [3.05, 3.63) is 29.8 Å². The first kappa shape index (κ1) is 29.0. The summed E-state index contributed by atoms with van der Waals surface area (Å²) in [4.78, 5) is 26.8. The fourth-order valence-corrected chi connectivity index (χ4v) is 3.94. The van der Waals surface area contributed by atoms with Gasteiger partial charge in [0.05, 0.1) is 12.2 Å². The van der Waals surface area contributed by atoms with Crippen LogP contribution in [-0.2, 0) is 4.74 Å². The summed E-state index contributed by atoms with van der Waals surface area (Å²) in [6, 6.07) is 6.89. The Morgan fingerprint density at radius 1 is 0.697 bits per heavy atom. The number of ether oxygens (including phenoxy) is 1. The van der Waals surface area contributed by atoms with Crippen LogP contribution in [0.15, 0.2) is 24.3 Å². The van der Waals surface area contributed by atoms with E-state index in [1.807, 2.05) is 4.90 Å². The summed E-state index contributed by atoms with van der Waals surface area (Å²) in [5.74, 6) is -0.338. The first-order valence-electron chi connectivity index (χ1n) is 13.4. The lowest BCUT2D eigenvalue weighted by Gasteiger charge is -2.23. The summed E-state index contributed by atoms with van der Waals surface area (Å²) >= 11 is 0. The lowest BCUT2D eigenvalue weighted by Crippen LogP contribution is -2.36. The molecular weight excluding hydrogens is 412 g/mol. The van der Waals surface area contributed by atoms with Crippen LogP contribution in [0.2, 0.25) is 0 Å². The van der Waals surface area contributed by atoms with Crippen molar-refractivity contribution in [1.82, 2.24) is 4.90 Å². The molecule has 0 aliphatic carbocycles. The van der Waals surface area contributed by atoms with Crippen LogP contribution in [-0.4, -0.2) is 36.6 Å². The Kier molecular flexibility index (Phi) is 17.1. The van der Waals surface area contributed by atoms with Gasteiger partial charge in [0.15, 0.2) is 0 Å². The van der Waals surface area contributed by atoms with Crippen LogP contribution in [0.3, 0.4) is 0 Å². The number of amides is 2. The standard InChI is InChI=1S/C28H48N2O3/c1-4-7-9-11-13-15-17-23-30(24-18-16-14-12-10-8-5-2)28(32)29-26-21-19-25(20-22-26)27(31)33-6-3/h19-22H,4-18,23-24H2,1-3H3,(H,29,32). The third kappa shape index (κ3) is 14.0. The largest absolute Gasteiger partial charge is 0.462 e. The number of hydrogen-bond donors (Lipinski definition) is 1. The Morgan fingerprint density at radius 2 is 1.15 bits per heavy atom. The summed E-state index contributed by atoms with van der Waals surface area (Å²) in [6.45, 7) is 8.23. The summed E-state index contributed by atoms with van der Waals surface area (Å²) in [5.41, 5.74) is 1.20. The quantitative estimate of drug-likeness (QED) is 0.167. The molecule has 0 spiro atoms. The molecule has 0 aliphatic rings. The third-order valence-corrected chi connectivity index (χ3v) is 6.00. The molecule has 0 bridgehead atoms. The number of rotatable bonds is 19. The zero-order valence-corrected chi connectivity index (χ0v) is 21.5. The normalized spacial score (nSPS) is 10.8. The van der Waals surface area contributed by atoms with E-state index in [-0.39, 0.29) is 12.0 Å². The van der Waals surface area contributed by atoms with E-state index in [4.69, 9.17) is 4.74 Å². The second-order valence-electron chi connectivity index (χ2n) is 8.96. The molecule has 0 aliphatic heterocycles. The van der Waals surface area contributed by atoms with E-state index in [0.717, 1.165) is 25.9 Å². The monoisotopic (exact) mass is 460 g/mol. The van der Waals surface area contributed by atoms with E-state index < -0.39 is 0 Å². The molecule has 0 aromatic heterocycles. The van der Waals surface area contributed by atoms with E-state index >= 15 is 0 Å². The van der Waals surface area contributed by atoms with Crippen molar-refractivity contribution in [1.29, 1.82) is 0 Å². The Morgan fingerprint density at radius 3 is 1.61 bits per heavy atom. The van der Waals surface area contributed by atoms with Crippen molar-refractivity contribution in [3.63, 3.8) is 0 Å². The van der Waals surface area contributed by atoms with Gasteiger partial charge in [0.2, 0.25) is 0 Å². The van der Waals surface area contributed by atoms with Crippen LogP contribution in [0.4, 0.5) is 10.5 Å². The second-order valence-corrected chi connectivity index (χ2v) is 8.96. The maximum absolute atomic E-state index is 13.0. The van der Waals surface area contributed by atoms with Gasteiger partial charge in [-0.25, -0.2) is 9.59 Å². The summed E-state index contributed by atoms with van der Waals surface area (Å²) in [5, 5.41) is 3.01.